The number of rotatable bonds is 5. The Morgan fingerprint density at radius 1 is 1.12 bits per heavy atom. The third-order valence-electron chi connectivity index (χ3n) is 3.98. The van der Waals surface area contributed by atoms with Gasteiger partial charge in [0.25, 0.3) is 0 Å². The van der Waals surface area contributed by atoms with Gasteiger partial charge < -0.3 is 9.73 Å². The van der Waals surface area contributed by atoms with Crippen LogP contribution >= 0.6 is 11.6 Å². The SMILES string of the molecule is CC(=O)NC(CC(=O)c1cc2ccccc2oc1=O)c1ccc(Cl)cc1. The summed E-state index contributed by atoms with van der Waals surface area (Å²) < 4.78 is 5.22. The van der Waals surface area contributed by atoms with Crippen LogP contribution in [0.3, 0.4) is 0 Å². The molecule has 0 saturated carbocycles. The summed E-state index contributed by atoms with van der Waals surface area (Å²) >= 11 is 5.89. The van der Waals surface area contributed by atoms with Crippen molar-refractivity contribution in [3.63, 3.8) is 0 Å². The fourth-order valence-electron chi connectivity index (χ4n) is 2.74. The van der Waals surface area contributed by atoms with E-state index in [0.717, 1.165) is 5.56 Å². The van der Waals surface area contributed by atoms with Crippen LogP contribution in [0.15, 0.2) is 63.8 Å². The van der Waals surface area contributed by atoms with Gasteiger partial charge in [0.2, 0.25) is 5.91 Å². The van der Waals surface area contributed by atoms with E-state index in [1.807, 2.05) is 0 Å². The molecule has 1 N–H and O–H groups in total. The number of hydrogen-bond donors (Lipinski definition) is 1. The van der Waals surface area contributed by atoms with E-state index >= 15 is 0 Å². The molecule has 3 rings (SSSR count). The molecule has 1 heterocycles. The first-order valence-corrected chi connectivity index (χ1v) is 8.40. The van der Waals surface area contributed by atoms with Gasteiger partial charge >= 0.3 is 5.63 Å². The van der Waals surface area contributed by atoms with Crippen molar-refractivity contribution in [3.05, 3.63) is 81.2 Å². The molecule has 0 spiro atoms. The molecule has 1 atom stereocenters. The van der Waals surface area contributed by atoms with Gasteiger partial charge in [-0.25, -0.2) is 4.79 Å². The molecule has 6 heteroatoms. The molecule has 0 aliphatic heterocycles. The summed E-state index contributed by atoms with van der Waals surface area (Å²) in [5.41, 5.74) is 0.424. The van der Waals surface area contributed by atoms with Gasteiger partial charge in [-0.2, -0.15) is 0 Å². The lowest BCUT2D eigenvalue weighted by Crippen LogP contribution is -2.29. The lowest BCUT2D eigenvalue weighted by Gasteiger charge is -2.17. The molecule has 0 radical (unpaired) electrons. The Morgan fingerprint density at radius 3 is 2.50 bits per heavy atom. The van der Waals surface area contributed by atoms with Crippen LogP contribution in [-0.4, -0.2) is 11.7 Å². The topological polar surface area (TPSA) is 76.4 Å². The molecule has 0 aliphatic carbocycles. The first-order chi connectivity index (χ1) is 12.4. The normalized spacial score (nSPS) is 11.9. The first kappa shape index (κ1) is 17.9. The summed E-state index contributed by atoms with van der Waals surface area (Å²) in [7, 11) is 0. The van der Waals surface area contributed by atoms with Crippen LogP contribution in [0.25, 0.3) is 11.0 Å². The Hall–Kier alpha value is -2.92. The van der Waals surface area contributed by atoms with Crippen molar-refractivity contribution in [1.82, 2.24) is 5.32 Å². The maximum absolute atomic E-state index is 12.7. The Balaban J connectivity index is 1.92. The van der Waals surface area contributed by atoms with Gasteiger partial charge in [0.1, 0.15) is 11.1 Å². The molecule has 0 saturated heterocycles. The monoisotopic (exact) mass is 369 g/mol. The summed E-state index contributed by atoms with van der Waals surface area (Å²) in [6.45, 7) is 1.37. The molecule has 2 aromatic carbocycles. The predicted octanol–water partition coefficient (Wildman–Crippen LogP) is 3.90. The second kappa shape index (κ2) is 7.54. The van der Waals surface area contributed by atoms with E-state index in [-0.39, 0.29) is 17.9 Å². The molecule has 1 unspecified atom stereocenters. The Morgan fingerprint density at radius 2 is 1.81 bits per heavy atom. The minimum atomic E-state index is -0.689. The highest BCUT2D eigenvalue weighted by Gasteiger charge is 2.21. The molecular formula is C20H16ClNO4. The molecule has 1 aromatic heterocycles. The van der Waals surface area contributed by atoms with Gasteiger partial charge in [0, 0.05) is 23.8 Å². The predicted molar refractivity (Wildman–Crippen MR) is 99.4 cm³/mol. The second-order valence-electron chi connectivity index (χ2n) is 5.92. The Bertz CT molecular complexity index is 1020. The zero-order valence-electron chi connectivity index (χ0n) is 14.0. The fraction of sp³-hybridized carbons (Fsp3) is 0.150. The van der Waals surface area contributed by atoms with Crippen molar-refractivity contribution < 1.29 is 14.0 Å². The average Bonchev–Trinajstić information content (AvgIpc) is 2.60. The number of hydrogen-bond acceptors (Lipinski definition) is 4. The maximum Gasteiger partial charge on any atom is 0.347 e. The highest BCUT2D eigenvalue weighted by molar-refractivity contribution is 6.30. The van der Waals surface area contributed by atoms with Crippen molar-refractivity contribution in [3.8, 4) is 0 Å². The summed E-state index contributed by atoms with van der Waals surface area (Å²) in [5.74, 6) is -0.679. The van der Waals surface area contributed by atoms with Gasteiger partial charge in [0.15, 0.2) is 5.78 Å². The van der Waals surface area contributed by atoms with Crippen LogP contribution < -0.4 is 10.9 Å². The molecule has 0 aliphatic rings. The molecule has 132 valence electrons. The summed E-state index contributed by atoms with van der Waals surface area (Å²) in [6.07, 6.45) is -0.0652. The summed E-state index contributed by atoms with van der Waals surface area (Å²) in [5, 5.41) is 3.95. The molecule has 1 amide bonds. The van der Waals surface area contributed by atoms with Crippen molar-refractivity contribution in [2.45, 2.75) is 19.4 Å². The summed E-state index contributed by atoms with van der Waals surface area (Å²) in [4.78, 5) is 36.4. The van der Waals surface area contributed by atoms with E-state index in [9.17, 15) is 14.4 Å². The van der Waals surface area contributed by atoms with Crippen molar-refractivity contribution in [2.24, 2.45) is 0 Å². The Kier molecular flexibility index (Phi) is 5.19. The van der Waals surface area contributed by atoms with Gasteiger partial charge in [-0.3, -0.25) is 9.59 Å². The van der Waals surface area contributed by atoms with Crippen molar-refractivity contribution in [1.29, 1.82) is 0 Å². The van der Waals surface area contributed by atoms with Crippen LogP contribution in [0, 0.1) is 0 Å². The lowest BCUT2D eigenvalue weighted by atomic mass is 9.98. The molecular weight excluding hydrogens is 354 g/mol. The van der Waals surface area contributed by atoms with Crippen LogP contribution in [0.1, 0.15) is 35.3 Å². The van der Waals surface area contributed by atoms with Gasteiger partial charge in [-0.15, -0.1) is 0 Å². The minimum absolute atomic E-state index is 0.0342. The van der Waals surface area contributed by atoms with Crippen LogP contribution in [0.2, 0.25) is 5.02 Å². The molecule has 26 heavy (non-hydrogen) atoms. The van der Waals surface area contributed by atoms with Crippen LogP contribution in [-0.2, 0) is 4.79 Å². The zero-order chi connectivity index (χ0) is 18.7. The highest BCUT2D eigenvalue weighted by atomic mass is 35.5. The number of carbonyl (C=O) groups excluding carboxylic acids is 2. The maximum atomic E-state index is 12.7. The lowest BCUT2D eigenvalue weighted by molar-refractivity contribution is -0.119. The third kappa shape index (κ3) is 4.00. The number of nitrogens with one attached hydrogen (secondary N) is 1. The number of amides is 1. The van der Waals surface area contributed by atoms with E-state index in [0.29, 0.717) is 16.0 Å². The number of carbonyl (C=O) groups is 2. The fourth-order valence-corrected chi connectivity index (χ4v) is 2.87. The second-order valence-corrected chi connectivity index (χ2v) is 6.35. The van der Waals surface area contributed by atoms with Crippen LogP contribution in [0.4, 0.5) is 0 Å². The molecule has 3 aromatic rings. The van der Waals surface area contributed by atoms with Crippen molar-refractivity contribution in [2.75, 3.05) is 0 Å². The zero-order valence-corrected chi connectivity index (χ0v) is 14.7. The molecule has 0 bridgehead atoms. The molecule has 5 nitrogen and oxygen atoms in total. The minimum Gasteiger partial charge on any atom is -0.422 e. The number of halogens is 1. The highest BCUT2D eigenvalue weighted by Crippen LogP contribution is 2.22. The van der Waals surface area contributed by atoms with E-state index in [1.165, 1.54) is 13.0 Å². The van der Waals surface area contributed by atoms with E-state index in [1.54, 1.807) is 48.5 Å². The van der Waals surface area contributed by atoms with E-state index in [2.05, 4.69) is 5.32 Å². The number of fused-ring (bicyclic) bond motifs is 1. The number of benzene rings is 2. The Labute approximate surface area is 154 Å². The van der Waals surface area contributed by atoms with E-state index in [4.69, 9.17) is 16.0 Å². The smallest absolute Gasteiger partial charge is 0.347 e. The van der Waals surface area contributed by atoms with Crippen LogP contribution in [0.5, 0.6) is 0 Å². The average molecular weight is 370 g/mol. The van der Waals surface area contributed by atoms with E-state index < -0.39 is 17.5 Å². The standard InChI is InChI=1S/C20H16ClNO4/c1-12(23)22-17(13-6-8-15(21)9-7-13)11-18(24)16-10-14-4-2-3-5-19(14)26-20(16)25/h2-10,17H,11H2,1H3,(H,22,23). The molecule has 0 fully saturated rings. The van der Waals surface area contributed by atoms with Gasteiger partial charge in [-0.05, 0) is 29.8 Å². The van der Waals surface area contributed by atoms with Crippen molar-refractivity contribution >= 4 is 34.3 Å². The number of para-hydroxylation sites is 1. The largest absolute Gasteiger partial charge is 0.422 e. The van der Waals surface area contributed by atoms with Gasteiger partial charge in [-0.1, -0.05) is 41.9 Å². The summed E-state index contributed by atoms with van der Waals surface area (Å²) in [6, 6.07) is 14.8. The number of Topliss-reactive ketones (excluding diaryl/α,β-unsaturated/α-hetero) is 1. The quantitative estimate of drug-likeness (QED) is 0.546. The third-order valence-corrected chi connectivity index (χ3v) is 4.23. The van der Waals surface area contributed by atoms with Gasteiger partial charge in [0.05, 0.1) is 6.04 Å². The first-order valence-electron chi connectivity index (χ1n) is 8.02. The number of ketones is 1.